The van der Waals surface area contributed by atoms with Gasteiger partial charge in [-0.05, 0) is 25.8 Å². The second-order valence-electron chi connectivity index (χ2n) is 4.73. The molecule has 2 atom stereocenters. The fraction of sp³-hybridized carbons (Fsp3) is 0.900. The third-order valence-corrected chi connectivity index (χ3v) is 5.28. The fourth-order valence-corrected chi connectivity index (χ4v) is 4.36. The maximum absolute atomic E-state index is 11.4. The van der Waals surface area contributed by atoms with E-state index in [9.17, 15) is 13.2 Å². The van der Waals surface area contributed by atoms with E-state index in [0.29, 0.717) is 19.4 Å². The molecule has 2 aliphatic rings. The van der Waals surface area contributed by atoms with E-state index < -0.39 is 15.8 Å². The normalized spacial score (nSPS) is 35.0. The maximum Gasteiger partial charge on any atom is 0.307 e. The van der Waals surface area contributed by atoms with E-state index in [-0.39, 0.29) is 23.5 Å². The molecule has 0 aromatic carbocycles. The molecule has 0 amide bonds. The van der Waals surface area contributed by atoms with E-state index in [2.05, 4.69) is 0 Å². The molecular weight excluding hydrogens is 230 g/mol. The number of aliphatic carboxylic acids is 1. The van der Waals surface area contributed by atoms with Crippen LogP contribution in [0, 0.1) is 5.92 Å². The summed E-state index contributed by atoms with van der Waals surface area (Å²) in [4.78, 5) is 12.9. The maximum atomic E-state index is 11.4. The van der Waals surface area contributed by atoms with E-state index in [1.807, 2.05) is 4.90 Å². The fourth-order valence-electron chi connectivity index (χ4n) is 2.60. The Bertz CT molecular complexity index is 378. The van der Waals surface area contributed by atoms with Gasteiger partial charge in [-0.1, -0.05) is 0 Å². The monoisotopic (exact) mass is 247 g/mol. The number of rotatable bonds is 2. The number of hydrogen-bond donors (Lipinski definition) is 1. The number of hydrogen-bond acceptors (Lipinski definition) is 4. The predicted octanol–water partition coefficient (Wildman–Crippen LogP) is -0.0299. The molecule has 16 heavy (non-hydrogen) atoms. The van der Waals surface area contributed by atoms with Crippen molar-refractivity contribution in [1.82, 2.24) is 4.90 Å². The zero-order valence-electron chi connectivity index (χ0n) is 9.13. The summed E-state index contributed by atoms with van der Waals surface area (Å²) in [6.45, 7) is 1.35. The van der Waals surface area contributed by atoms with Gasteiger partial charge < -0.3 is 5.11 Å². The summed E-state index contributed by atoms with van der Waals surface area (Å²) in [5.74, 6) is -0.617. The molecule has 0 bridgehead atoms. The molecule has 2 heterocycles. The van der Waals surface area contributed by atoms with Gasteiger partial charge in [0.1, 0.15) is 0 Å². The number of nitrogens with zero attached hydrogens (tertiary/aromatic N) is 1. The van der Waals surface area contributed by atoms with E-state index in [1.54, 1.807) is 0 Å². The first-order valence-electron chi connectivity index (χ1n) is 5.65. The predicted molar refractivity (Wildman–Crippen MR) is 59.0 cm³/mol. The van der Waals surface area contributed by atoms with Crippen LogP contribution in [0.25, 0.3) is 0 Å². The Morgan fingerprint density at radius 1 is 1.31 bits per heavy atom. The van der Waals surface area contributed by atoms with Crippen LogP contribution >= 0.6 is 0 Å². The molecule has 5 nitrogen and oxygen atoms in total. The van der Waals surface area contributed by atoms with E-state index >= 15 is 0 Å². The van der Waals surface area contributed by atoms with Crippen LogP contribution in [0.3, 0.4) is 0 Å². The minimum atomic E-state index is -2.87. The topological polar surface area (TPSA) is 74.7 Å². The Labute approximate surface area is 95.4 Å². The lowest BCUT2D eigenvalue weighted by molar-refractivity contribution is -0.143. The van der Waals surface area contributed by atoms with Gasteiger partial charge in [-0.2, -0.15) is 0 Å². The second-order valence-corrected chi connectivity index (χ2v) is 6.96. The molecule has 0 unspecified atom stereocenters. The van der Waals surface area contributed by atoms with E-state index in [1.165, 1.54) is 0 Å². The zero-order chi connectivity index (χ0) is 11.8. The largest absolute Gasteiger partial charge is 0.481 e. The molecule has 1 N–H and O–H groups in total. The quantitative estimate of drug-likeness (QED) is 0.741. The summed E-state index contributed by atoms with van der Waals surface area (Å²) in [6, 6.07) is 0.0483. The van der Waals surface area contributed by atoms with Gasteiger partial charge in [-0.3, -0.25) is 9.69 Å². The van der Waals surface area contributed by atoms with Crippen molar-refractivity contribution < 1.29 is 18.3 Å². The van der Waals surface area contributed by atoms with Gasteiger partial charge >= 0.3 is 5.97 Å². The zero-order valence-corrected chi connectivity index (χ0v) is 9.95. The molecule has 0 aliphatic carbocycles. The van der Waals surface area contributed by atoms with Gasteiger partial charge in [0.2, 0.25) is 0 Å². The summed E-state index contributed by atoms with van der Waals surface area (Å²) in [5, 5.41) is 8.96. The molecule has 2 saturated heterocycles. The van der Waals surface area contributed by atoms with Gasteiger partial charge in [0.25, 0.3) is 0 Å². The lowest BCUT2D eigenvalue weighted by Gasteiger charge is -2.34. The SMILES string of the molecule is O=C(O)[C@@H]1CCCN([C@@H]2CCS(=O)(=O)C2)C1. The van der Waals surface area contributed by atoms with Gasteiger partial charge in [0, 0.05) is 12.6 Å². The van der Waals surface area contributed by atoms with Crippen LogP contribution in [0.15, 0.2) is 0 Å². The van der Waals surface area contributed by atoms with Crippen molar-refractivity contribution in [3.8, 4) is 0 Å². The highest BCUT2D eigenvalue weighted by Crippen LogP contribution is 2.24. The third-order valence-electron chi connectivity index (χ3n) is 3.53. The summed E-state index contributed by atoms with van der Waals surface area (Å²) >= 11 is 0. The van der Waals surface area contributed by atoms with Crippen LogP contribution in [-0.2, 0) is 14.6 Å². The Balaban J connectivity index is 1.98. The Morgan fingerprint density at radius 3 is 2.62 bits per heavy atom. The van der Waals surface area contributed by atoms with Crippen molar-refractivity contribution >= 4 is 15.8 Å². The summed E-state index contributed by atoms with van der Waals surface area (Å²) in [6.07, 6.45) is 2.23. The van der Waals surface area contributed by atoms with Gasteiger partial charge in [-0.25, -0.2) is 8.42 Å². The summed E-state index contributed by atoms with van der Waals surface area (Å²) in [5.41, 5.74) is 0. The number of sulfone groups is 1. The van der Waals surface area contributed by atoms with Crippen molar-refractivity contribution in [1.29, 1.82) is 0 Å². The van der Waals surface area contributed by atoms with Crippen molar-refractivity contribution in [3.63, 3.8) is 0 Å². The van der Waals surface area contributed by atoms with Gasteiger partial charge in [0.05, 0.1) is 17.4 Å². The molecule has 2 aliphatic heterocycles. The summed E-state index contributed by atoms with van der Waals surface area (Å²) in [7, 11) is -2.87. The number of carboxylic acid groups (broad SMARTS) is 1. The Kier molecular flexibility index (Phi) is 3.21. The molecule has 0 saturated carbocycles. The van der Waals surface area contributed by atoms with Crippen molar-refractivity contribution in [2.75, 3.05) is 24.6 Å². The van der Waals surface area contributed by atoms with Crippen LogP contribution < -0.4 is 0 Å². The first kappa shape index (κ1) is 11.9. The highest BCUT2D eigenvalue weighted by molar-refractivity contribution is 7.91. The van der Waals surface area contributed by atoms with Crippen molar-refractivity contribution in [3.05, 3.63) is 0 Å². The molecule has 2 fully saturated rings. The van der Waals surface area contributed by atoms with E-state index in [4.69, 9.17) is 5.11 Å². The lowest BCUT2D eigenvalue weighted by Crippen LogP contribution is -2.45. The van der Waals surface area contributed by atoms with E-state index in [0.717, 1.165) is 13.0 Å². The molecule has 0 radical (unpaired) electrons. The molecule has 92 valence electrons. The standard InChI is InChI=1S/C10H17NO4S/c12-10(13)8-2-1-4-11(6-8)9-3-5-16(14,15)7-9/h8-9H,1-7H2,(H,12,13)/t8-,9-/m1/s1. The van der Waals surface area contributed by atoms with Crippen LogP contribution in [0.2, 0.25) is 0 Å². The second kappa shape index (κ2) is 4.33. The van der Waals surface area contributed by atoms with Crippen molar-refractivity contribution in [2.24, 2.45) is 5.92 Å². The Hall–Kier alpha value is -0.620. The van der Waals surface area contributed by atoms with Crippen LogP contribution in [-0.4, -0.2) is 55.0 Å². The van der Waals surface area contributed by atoms with Gasteiger partial charge in [-0.15, -0.1) is 0 Å². The minimum Gasteiger partial charge on any atom is -0.481 e. The van der Waals surface area contributed by atoms with Crippen LogP contribution in [0.4, 0.5) is 0 Å². The van der Waals surface area contributed by atoms with Crippen LogP contribution in [0.5, 0.6) is 0 Å². The highest BCUT2D eigenvalue weighted by Gasteiger charge is 2.35. The first-order valence-corrected chi connectivity index (χ1v) is 7.47. The smallest absolute Gasteiger partial charge is 0.307 e. The van der Waals surface area contributed by atoms with Gasteiger partial charge in [0.15, 0.2) is 9.84 Å². The third kappa shape index (κ3) is 2.55. The molecule has 0 spiro atoms. The van der Waals surface area contributed by atoms with Crippen molar-refractivity contribution in [2.45, 2.75) is 25.3 Å². The number of carbonyl (C=O) groups is 1. The Morgan fingerprint density at radius 2 is 2.06 bits per heavy atom. The molecule has 0 aromatic heterocycles. The number of piperidine rings is 1. The minimum absolute atomic E-state index is 0.0483. The highest BCUT2D eigenvalue weighted by atomic mass is 32.2. The molecular formula is C10H17NO4S. The van der Waals surface area contributed by atoms with Crippen LogP contribution in [0.1, 0.15) is 19.3 Å². The lowest BCUT2D eigenvalue weighted by atomic mass is 9.97. The average molecular weight is 247 g/mol. The first-order chi connectivity index (χ1) is 7.48. The molecule has 0 aromatic rings. The molecule has 6 heteroatoms. The molecule has 2 rings (SSSR count). The number of likely N-dealkylation sites (tertiary alicyclic amines) is 1. The number of carboxylic acids is 1. The summed E-state index contributed by atoms with van der Waals surface area (Å²) < 4.78 is 22.7. The average Bonchev–Trinajstić information content (AvgIpc) is 2.59.